The Balaban J connectivity index is 1.34. The molecular weight excluding hydrogens is 342 g/mol. The lowest BCUT2D eigenvalue weighted by atomic mass is 9.96. The fourth-order valence-corrected chi connectivity index (χ4v) is 3.29. The number of pyridine rings is 1. The number of rotatable bonds is 8. The average Bonchev–Trinajstić information content (AvgIpc) is 2.72. The molecule has 6 heteroatoms. The molecule has 1 aromatic heterocycles. The maximum Gasteiger partial charge on any atom is 0.257 e. The number of carbonyl (C=O) groups is 1. The molecule has 0 spiro atoms. The first-order chi connectivity index (χ1) is 13.2. The zero-order valence-corrected chi connectivity index (χ0v) is 15.8. The number of hydrogen-bond acceptors (Lipinski definition) is 5. The second kappa shape index (κ2) is 9.92. The highest BCUT2D eigenvalue weighted by molar-refractivity contribution is 5.77. The molecule has 0 radical (unpaired) electrons. The molecule has 1 aliphatic heterocycles. The van der Waals surface area contributed by atoms with Crippen LogP contribution < -0.4 is 14.8 Å². The summed E-state index contributed by atoms with van der Waals surface area (Å²) in [6, 6.07) is 11.4. The lowest BCUT2D eigenvalue weighted by Crippen LogP contribution is -2.39. The molecule has 0 aliphatic carbocycles. The first-order valence-electron chi connectivity index (χ1n) is 9.38. The fourth-order valence-electron chi connectivity index (χ4n) is 3.29. The molecule has 0 bridgehead atoms. The van der Waals surface area contributed by atoms with E-state index in [1.807, 2.05) is 30.5 Å². The fraction of sp³-hybridized carbons (Fsp3) is 0.429. The summed E-state index contributed by atoms with van der Waals surface area (Å²) in [4.78, 5) is 18.7. The number of piperidine rings is 1. The summed E-state index contributed by atoms with van der Waals surface area (Å²) in [5.74, 6) is 1.63. The van der Waals surface area contributed by atoms with Crippen molar-refractivity contribution in [1.82, 2.24) is 15.2 Å². The molecule has 3 rings (SSSR count). The van der Waals surface area contributed by atoms with E-state index in [0.29, 0.717) is 24.0 Å². The molecule has 27 heavy (non-hydrogen) atoms. The third-order valence-corrected chi connectivity index (χ3v) is 4.85. The number of nitrogens with zero attached hydrogens (tertiary/aromatic N) is 2. The van der Waals surface area contributed by atoms with Crippen molar-refractivity contribution in [3.63, 3.8) is 0 Å². The van der Waals surface area contributed by atoms with E-state index in [1.54, 1.807) is 19.4 Å². The first-order valence-corrected chi connectivity index (χ1v) is 9.38. The van der Waals surface area contributed by atoms with Gasteiger partial charge in [0.15, 0.2) is 18.1 Å². The molecule has 0 atom stereocenters. The van der Waals surface area contributed by atoms with Crippen molar-refractivity contribution in [2.75, 3.05) is 33.4 Å². The summed E-state index contributed by atoms with van der Waals surface area (Å²) >= 11 is 0. The molecule has 0 unspecified atom stereocenters. The van der Waals surface area contributed by atoms with Crippen molar-refractivity contribution in [3.8, 4) is 11.5 Å². The van der Waals surface area contributed by atoms with Gasteiger partial charge in [0, 0.05) is 25.5 Å². The van der Waals surface area contributed by atoms with Gasteiger partial charge in [0.2, 0.25) is 0 Å². The van der Waals surface area contributed by atoms with E-state index in [9.17, 15) is 4.79 Å². The van der Waals surface area contributed by atoms with Crippen LogP contribution in [0.5, 0.6) is 11.5 Å². The predicted octanol–water partition coefficient (Wildman–Crippen LogP) is 2.50. The molecule has 2 heterocycles. The topological polar surface area (TPSA) is 63.7 Å². The summed E-state index contributed by atoms with van der Waals surface area (Å²) in [5, 5.41) is 2.99. The van der Waals surface area contributed by atoms with Gasteiger partial charge in [-0.2, -0.15) is 0 Å². The van der Waals surface area contributed by atoms with Crippen molar-refractivity contribution < 1.29 is 14.3 Å². The molecule has 144 valence electrons. The normalized spacial score (nSPS) is 15.3. The molecule has 1 saturated heterocycles. The van der Waals surface area contributed by atoms with E-state index in [1.165, 1.54) is 5.56 Å². The Hall–Kier alpha value is -2.60. The highest BCUT2D eigenvalue weighted by atomic mass is 16.5. The van der Waals surface area contributed by atoms with Crippen molar-refractivity contribution in [1.29, 1.82) is 0 Å². The van der Waals surface area contributed by atoms with Gasteiger partial charge in [0.05, 0.1) is 7.11 Å². The van der Waals surface area contributed by atoms with Gasteiger partial charge in [-0.3, -0.25) is 14.7 Å². The second-order valence-corrected chi connectivity index (χ2v) is 6.82. The third-order valence-electron chi connectivity index (χ3n) is 4.85. The van der Waals surface area contributed by atoms with Gasteiger partial charge < -0.3 is 14.8 Å². The van der Waals surface area contributed by atoms with Crippen LogP contribution in [0.25, 0.3) is 0 Å². The van der Waals surface area contributed by atoms with E-state index >= 15 is 0 Å². The van der Waals surface area contributed by atoms with E-state index in [-0.39, 0.29) is 12.5 Å². The van der Waals surface area contributed by atoms with Gasteiger partial charge in [-0.1, -0.05) is 18.2 Å². The lowest BCUT2D eigenvalue weighted by molar-refractivity contribution is -0.123. The van der Waals surface area contributed by atoms with Crippen molar-refractivity contribution >= 4 is 5.91 Å². The Morgan fingerprint density at radius 2 is 1.96 bits per heavy atom. The summed E-state index contributed by atoms with van der Waals surface area (Å²) in [5.41, 5.74) is 1.25. The molecule has 1 aliphatic rings. The van der Waals surface area contributed by atoms with Gasteiger partial charge in [-0.25, -0.2) is 0 Å². The van der Waals surface area contributed by atoms with E-state index in [2.05, 4.69) is 21.3 Å². The van der Waals surface area contributed by atoms with Crippen LogP contribution in [0, 0.1) is 5.92 Å². The molecule has 1 amide bonds. The summed E-state index contributed by atoms with van der Waals surface area (Å²) in [7, 11) is 1.59. The van der Waals surface area contributed by atoms with Crippen molar-refractivity contribution in [3.05, 3.63) is 54.4 Å². The van der Waals surface area contributed by atoms with Crippen LogP contribution in [-0.4, -0.2) is 49.1 Å². The van der Waals surface area contributed by atoms with Gasteiger partial charge >= 0.3 is 0 Å². The number of hydrogen-bond donors (Lipinski definition) is 1. The van der Waals surface area contributed by atoms with E-state index in [0.717, 1.165) is 32.5 Å². The second-order valence-electron chi connectivity index (χ2n) is 6.82. The van der Waals surface area contributed by atoms with Gasteiger partial charge in [0.25, 0.3) is 5.91 Å². The molecule has 1 fully saturated rings. The lowest BCUT2D eigenvalue weighted by Gasteiger charge is -2.32. The van der Waals surface area contributed by atoms with Crippen LogP contribution in [0.2, 0.25) is 0 Å². The summed E-state index contributed by atoms with van der Waals surface area (Å²) < 4.78 is 10.8. The molecule has 6 nitrogen and oxygen atoms in total. The quantitative estimate of drug-likeness (QED) is 0.775. The van der Waals surface area contributed by atoms with Gasteiger partial charge in [-0.15, -0.1) is 0 Å². The summed E-state index contributed by atoms with van der Waals surface area (Å²) in [6.45, 7) is 3.75. The minimum absolute atomic E-state index is 0.000224. The number of benzene rings is 1. The third kappa shape index (κ3) is 5.96. The zero-order valence-electron chi connectivity index (χ0n) is 15.8. The highest BCUT2D eigenvalue weighted by Crippen LogP contribution is 2.25. The summed E-state index contributed by atoms with van der Waals surface area (Å²) in [6.07, 6.45) is 5.91. The Morgan fingerprint density at radius 3 is 2.67 bits per heavy atom. The SMILES string of the molecule is COc1ccccc1OCC(=O)NCC1CCN(Cc2cccnc2)CC1. The Labute approximate surface area is 160 Å². The van der Waals surface area contributed by atoms with E-state index in [4.69, 9.17) is 9.47 Å². The van der Waals surface area contributed by atoms with Gasteiger partial charge in [0.1, 0.15) is 0 Å². The van der Waals surface area contributed by atoms with Crippen LogP contribution in [0.3, 0.4) is 0 Å². The number of aromatic nitrogens is 1. The van der Waals surface area contributed by atoms with Crippen LogP contribution in [-0.2, 0) is 11.3 Å². The largest absolute Gasteiger partial charge is 0.493 e. The minimum Gasteiger partial charge on any atom is -0.493 e. The van der Waals surface area contributed by atoms with Crippen molar-refractivity contribution in [2.24, 2.45) is 5.92 Å². The average molecular weight is 369 g/mol. The Bertz CT molecular complexity index is 716. The molecule has 1 N–H and O–H groups in total. The Morgan fingerprint density at radius 1 is 1.19 bits per heavy atom. The number of carbonyl (C=O) groups excluding carboxylic acids is 1. The maximum absolute atomic E-state index is 12.1. The zero-order chi connectivity index (χ0) is 18.9. The number of methoxy groups -OCH3 is 1. The van der Waals surface area contributed by atoms with Crippen LogP contribution in [0.15, 0.2) is 48.8 Å². The maximum atomic E-state index is 12.1. The van der Waals surface area contributed by atoms with Gasteiger partial charge in [-0.05, 0) is 55.6 Å². The van der Waals surface area contributed by atoms with E-state index < -0.39 is 0 Å². The number of likely N-dealkylation sites (tertiary alicyclic amines) is 1. The minimum atomic E-state index is -0.0984. The smallest absolute Gasteiger partial charge is 0.257 e. The Kier molecular flexibility index (Phi) is 7.04. The number of para-hydroxylation sites is 2. The predicted molar refractivity (Wildman–Crippen MR) is 104 cm³/mol. The standard InChI is InChI=1S/C21H27N3O3/c1-26-19-6-2-3-7-20(19)27-16-21(25)23-14-17-8-11-24(12-9-17)15-18-5-4-10-22-13-18/h2-7,10,13,17H,8-9,11-12,14-16H2,1H3,(H,23,25). The van der Waals surface area contributed by atoms with Crippen LogP contribution >= 0.6 is 0 Å². The van der Waals surface area contributed by atoms with Crippen LogP contribution in [0.1, 0.15) is 18.4 Å². The monoisotopic (exact) mass is 369 g/mol. The van der Waals surface area contributed by atoms with Crippen LogP contribution in [0.4, 0.5) is 0 Å². The first kappa shape index (κ1) is 19.2. The number of nitrogens with one attached hydrogen (secondary N) is 1. The molecule has 2 aromatic rings. The highest BCUT2D eigenvalue weighted by Gasteiger charge is 2.20. The molecule has 0 saturated carbocycles. The van der Waals surface area contributed by atoms with Crippen molar-refractivity contribution in [2.45, 2.75) is 19.4 Å². The molecule has 1 aromatic carbocycles. The molecular formula is C21H27N3O3. The number of amides is 1. The number of ether oxygens (including phenoxy) is 2.